The predicted molar refractivity (Wildman–Crippen MR) is 126 cm³/mol. The van der Waals surface area contributed by atoms with Crippen LogP contribution in [0.15, 0.2) is 33.8 Å². The first-order chi connectivity index (χ1) is 16.6. The maximum Gasteiger partial charge on any atom is 0.416 e. The Hall–Kier alpha value is -3.32. The Kier molecular flexibility index (Phi) is 6.90. The van der Waals surface area contributed by atoms with E-state index in [1.54, 1.807) is 17.7 Å². The molecule has 1 aromatic carbocycles. The maximum absolute atomic E-state index is 13.0. The van der Waals surface area contributed by atoms with E-state index < -0.39 is 35.2 Å². The lowest BCUT2D eigenvalue weighted by Gasteiger charge is -2.13. The van der Waals surface area contributed by atoms with Crippen LogP contribution in [0.4, 0.5) is 13.2 Å². The van der Waals surface area contributed by atoms with Crippen molar-refractivity contribution < 1.29 is 27.5 Å². The van der Waals surface area contributed by atoms with Crippen LogP contribution < -0.4 is 10.9 Å². The summed E-state index contributed by atoms with van der Waals surface area (Å²) in [5.41, 5.74) is -0.699. The van der Waals surface area contributed by atoms with Crippen LogP contribution >= 0.6 is 22.7 Å². The molecule has 0 spiro atoms. The average Bonchev–Trinajstić information content (AvgIpc) is 3.43. The molecule has 1 N–H and O–H groups in total. The molecule has 0 aliphatic heterocycles. The van der Waals surface area contributed by atoms with Gasteiger partial charge in [-0.2, -0.15) is 29.6 Å². The summed E-state index contributed by atoms with van der Waals surface area (Å²) < 4.78 is 45.6. The fourth-order valence-corrected chi connectivity index (χ4v) is 5.19. The number of amides is 1. The number of rotatable bonds is 7. The van der Waals surface area contributed by atoms with Gasteiger partial charge in [0.1, 0.15) is 11.0 Å². The minimum absolute atomic E-state index is 0.0703. The van der Waals surface area contributed by atoms with E-state index in [0.29, 0.717) is 26.2 Å². The maximum atomic E-state index is 13.0. The summed E-state index contributed by atoms with van der Waals surface area (Å²) in [6.45, 7) is 3.28. The second-order valence-corrected chi connectivity index (χ2v) is 9.47. The zero-order valence-electron chi connectivity index (χ0n) is 18.5. The molecule has 1 atom stereocenters. The molecular formula is C22H19F3N4O4S2. The Morgan fingerprint density at radius 3 is 2.69 bits per heavy atom. The number of thiazole rings is 1. The van der Waals surface area contributed by atoms with Crippen LogP contribution in [0.2, 0.25) is 0 Å². The van der Waals surface area contributed by atoms with Gasteiger partial charge in [0.15, 0.2) is 0 Å². The van der Waals surface area contributed by atoms with Crippen LogP contribution in [0.3, 0.4) is 0 Å². The van der Waals surface area contributed by atoms with Gasteiger partial charge in [0.05, 0.1) is 46.4 Å². The number of nitrogens with one attached hydrogen (secondary N) is 1. The molecule has 8 nitrogen and oxygen atoms in total. The smallest absolute Gasteiger partial charge is 0.416 e. The summed E-state index contributed by atoms with van der Waals surface area (Å²) in [5, 5.41) is 11.5. The molecule has 0 aliphatic rings. The highest BCUT2D eigenvalue weighted by molar-refractivity contribution is 7.18. The van der Waals surface area contributed by atoms with Gasteiger partial charge in [-0.05, 0) is 32.0 Å². The van der Waals surface area contributed by atoms with Crippen molar-refractivity contribution in [3.63, 3.8) is 0 Å². The molecule has 4 rings (SSSR count). The molecule has 184 valence electrons. The molecule has 1 amide bonds. The van der Waals surface area contributed by atoms with Crippen molar-refractivity contribution in [1.82, 2.24) is 20.1 Å². The van der Waals surface area contributed by atoms with Crippen molar-refractivity contribution in [2.24, 2.45) is 0 Å². The van der Waals surface area contributed by atoms with Gasteiger partial charge in [0, 0.05) is 16.1 Å². The lowest BCUT2D eigenvalue weighted by molar-refractivity contribution is -0.146. The summed E-state index contributed by atoms with van der Waals surface area (Å²) in [6.07, 6.45) is -4.67. The summed E-state index contributed by atoms with van der Waals surface area (Å²) in [5.74, 6) is -1.04. The fourth-order valence-electron chi connectivity index (χ4n) is 3.43. The number of nitrogens with zero attached hydrogens (tertiary/aromatic N) is 3. The number of ether oxygens (including phenoxy) is 1. The second kappa shape index (κ2) is 9.74. The number of halogens is 3. The Labute approximate surface area is 204 Å². The normalized spacial score (nSPS) is 12.7. The van der Waals surface area contributed by atoms with Crippen LogP contribution in [0.5, 0.6) is 0 Å². The minimum atomic E-state index is -4.49. The summed E-state index contributed by atoms with van der Waals surface area (Å²) in [6, 6.07) is 2.45. The average molecular weight is 525 g/mol. The second-order valence-electron chi connectivity index (χ2n) is 7.61. The van der Waals surface area contributed by atoms with Crippen LogP contribution in [0, 0.1) is 0 Å². The topological polar surface area (TPSA) is 103 Å². The third-order valence-corrected chi connectivity index (χ3v) is 6.83. The van der Waals surface area contributed by atoms with E-state index in [9.17, 15) is 27.6 Å². The molecule has 1 unspecified atom stereocenters. The summed E-state index contributed by atoms with van der Waals surface area (Å²) in [4.78, 5) is 41.5. The van der Waals surface area contributed by atoms with Gasteiger partial charge in [0.2, 0.25) is 5.91 Å². The van der Waals surface area contributed by atoms with Crippen molar-refractivity contribution in [1.29, 1.82) is 0 Å². The number of hydrogen-bond donors (Lipinski definition) is 1. The van der Waals surface area contributed by atoms with Crippen LogP contribution in [0.25, 0.3) is 21.0 Å². The number of esters is 1. The van der Waals surface area contributed by atoms with Crippen LogP contribution in [-0.4, -0.2) is 39.3 Å². The summed E-state index contributed by atoms with van der Waals surface area (Å²) in [7, 11) is 0. The molecule has 35 heavy (non-hydrogen) atoms. The molecule has 13 heteroatoms. The molecule has 3 heterocycles. The first-order valence-electron chi connectivity index (χ1n) is 10.5. The van der Waals surface area contributed by atoms with Crippen molar-refractivity contribution in [2.75, 3.05) is 6.61 Å². The van der Waals surface area contributed by atoms with Crippen molar-refractivity contribution >= 4 is 55.5 Å². The Balaban J connectivity index is 1.62. The lowest BCUT2D eigenvalue weighted by atomic mass is 10.1. The molecule has 3 aromatic heterocycles. The number of benzene rings is 1. The number of alkyl halides is 3. The predicted octanol–water partition coefficient (Wildman–Crippen LogP) is 3.75. The molecule has 4 aromatic rings. The molecule has 0 saturated carbocycles. The van der Waals surface area contributed by atoms with E-state index in [1.165, 1.54) is 24.3 Å². The van der Waals surface area contributed by atoms with Gasteiger partial charge in [-0.25, -0.2) is 14.5 Å². The number of fused-ring (bicyclic) bond motifs is 2. The quantitative estimate of drug-likeness (QED) is 0.370. The highest BCUT2D eigenvalue weighted by Gasteiger charge is 2.31. The molecule has 0 saturated heterocycles. The van der Waals surface area contributed by atoms with E-state index in [0.717, 1.165) is 28.2 Å². The molecule has 0 bridgehead atoms. The van der Waals surface area contributed by atoms with Gasteiger partial charge < -0.3 is 10.1 Å². The Bertz CT molecular complexity index is 1480. The van der Waals surface area contributed by atoms with E-state index >= 15 is 0 Å². The molecule has 0 fully saturated rings. The van der Waals surface area contributed by atoms with E-state index in [1.807, 2.05) is 0 Å². The van der Waals surface area contributed by atoms with Gasteiger partial charge in [0.25, 0.3) is 5.56 Å². The lowest BCUT2D eigenvalue weighted by Crippen LogP contribution is -2.40. The minimum Gasteiger partial charge on any atom is -0.464 e. The largest absolute Gasteiger partial charge is 0.464 e. The summed E-state index contributed by atoms with van der Waals surface area (Å²) >= 11 is 2.43. The first kappa shape index (κ1) is 24.8. The fraction of sp³-hybridized carbons (Fsp3) is 0.318. The van der Waals surface area contributed by atoms with Gasteiger partial charge in [-0.1, -0.05) is 0 Å². The van der Waals surface area contributed by atoms with Gasteiger partial charge >= 0.3 is 12.1 Å². The van der Waals surface area contributed by atoms with Gasteiger partial charge in [-0.15, -0.1) is 11.3 Å². The Morgan fingerprint density at radius 1 is 1.23 bits per heavy atom. The highest BCUT2D eigenvalue weighted by atomic mass is 32.1. The van der Waals surface area contributed by atoms with Crippen LogP contribution in [-0.2, 0) is 33.5 Å². The van der Waals surface area contributed by atoms with Crippen molar-refractivity contribution in [2.45, 2.75) is 39.0 Å². The number of carbonyl (C=O) groups is 2. The third kappa shape index (κ3) is 5.35. The molecule has 0 radical (unpaired) electrons. The highest BCUT2D eigenvalue weighted by Crippen LogP contribution is 2.33. The van der Waals surface area contributed by atoms with Crippen molar-refractivity contribution in [3.8, 4) is 0 Å². The standard InChI is InChI=1S/C22H19F3N4O4S2/c1-3-33-21(32)11(2)26-18(30)7-15-13-9-34-10-14(13)20(31)29(28-15)8-19-27-16-6-12(22(23,24)25)4-5-17(16)35-19/h4-6,9-11H,3,7-8H2,1-2H3,(H,26,30). The molecule has 0 aliphatic carbocycles. The number of thiophene rings is 1. The van der Waals surface area contributed by atoms with Gasteiger partial charge in [-0.3, -0.25) is 9.59 Å². The zero-order valence-corrected chi connectivity index (χ0v) is 20.1. The monoisotopic (exact) mass is 524 g/mol. The number of hydrogen-bond acceptors (Lipinski definition) is 8. The first-order valence-corrected chi connectivity index (χ1v) is 12.2. The number of carbonyl (C=O) groups excluding carboxylic acids is 2. The zero-order chi connectivity index (χ0) is 25.3. The third-order valence-electron chi connectivity index (χ3n) is 5.07. The van der Waals surface area contributed by atoms with E-state index in [4.69, 9.17) is 4.74 Å². The Morgan fingerprint density at radius 2 is 1.97 bits per heavy atom. The SMILES string of the molecule is CCOC(=O)C(C)NC(=O)Cc1nn(Cc2nc3cc(C(F)(F)F)ccc3s2)c(=O)c2cscc12. The number of aromatic nitrogens is 3. The molecular weight excluding hydrogens is 505 g/mol. The van der Waals surface area contributed by atoms with E-state index in [2.05, 4.69) is 15.4 Å². The van der Waals surface area contributed by atoms with Crippen LogP contribution in [0.1, 0.15) is 30.1 Å². The van der Waals surface area contributed by atoms with Crippen molar-refractivity contribution in [3.05, 3.63) is 55.6 Å². The van der Waals surface area contributed by atoms with E-state index in [-0.39, 0.29) is 25.1 Å².